The van der Waals surface area contributed by atoms with Crippen LogP contribution in [-0.2, 0) is 0 Å². The lowest BCUT2D eigenvalue weighted by atomic mass is 9.59. The van der Waals surface area contributed by atoms with Gasteiger partial charge in [-0.3, -0.25) is 0 Å². The first-order valence-corrected chi connectivity index (χ1v) is 5.56. The molecule has 0 amide bonds. The molecule has 0 unspecified atom stereocenters. The molecule has 0 aromatic carbocycles. The maximum atomic E-state index is 3.60. The number of fused-ring (bicyclic) bond motifs is 2. The minimum Gasteiger partial charge on any atom is -0.313 e. The molecule has 0 heterocycles. The van der Waals surface area contributed by atoms with E-state index in [1.165, 1.54) is 19.3 Å². The van der Waals surface area contributed by atoms with Gasteiger partial charge in [-0.1, -0.05) is 20.8 Å². The summed E-state index contributed by atoms with van der Waals surface area (Å²) < 4.78 is 0. The summed E-state index contributed by atoms with van der Waals surface area (Å²) in [5, 5.41) is 3.60. The number of nitrogens with one attached hydrogen (secondary N) is 1. The van der Waals surface area contributed by atoms with Crippen LogP contribution in [0.15, 0.2) is 0 Å². The first-order chi connectivity index (χ1) is 5.87. The highest BCUT2D eigenvalue weighted by molar-refractivity contribution is 5.19. The van der Waals surface area contributed by atoms with Gasteiger partial charge in [0.1, 0.15) is 0 Å². The van der Waals surface area contributed by atoms with E-state index in [9.17, 15) is 0 Å². The van der Waals surface area contributed by atoms with E-state index in [1.807, 2.05) is 0 Å². The molecule has 0 aromatic rings. The van der Waals surface area contributed by atoms with Gasteiger partial charge in [0.25, 0.3) is 0 Å². The van der Waals surface area contributed by atoms with Gasteiger partial charge in [-0.2, -0.15) is 0 Å². The summed E-state index contributed by atoms with van der Waals surface area (Å²) in [7, 11) is 2.13. The third kappa shape index (κ3) is 0.823. The molecule has 2 aliphatic carbocycles. The van der Waals surface area contributed by atoms with Crippen LogP contribution in [0.3, 0.4) is 0 Å². The lowest BCUT2D eigenvalue weighted by Gasteiger charge is -2.52. The molecule has 1 heteroatoms. The van der Waals surface area contributed by atoms with Crippen LogP contribution < -0.4 is 5.32 Å². The zero-order valence-electron chi connectivity index (χ0n) is 9.70. The van der Waals surface area contributed by atoms with Crippen LogP contribution in [0.5, 0.6) is 0 Å². The Hall–Kier alpha value is -0.0400. The standard InChI is InChI=1S/C12H23N/c1-10(2)9-6-7-11(3,8-9)12(10,4)13-5/h9,13H,6-8H2,1-5H3/t9-,11+,12+/m0/s1. The van der Waals surface area contributed by atoms with Gasteiger partial charge in [0.2, 0.25) is 0 Å². The molecular formula is C12H23N. The topological polar surface area (TPSA) is 12.0 Å². The average Bonchev–Trinajstić information content (AvgIpc) is 2.51. The lowest BCUT2D eigenvalue weighted by molar-refractivity contribution is 0.0264. The summed E-state index contributed by atoms with van der Waals surface area (Å²) >= 11 is 0. The Bertz CT molecular complexity index is 227. The summed E-state index contributed by atoms with van der Waals surface area (Å²) in [5.41, 5.74) is 1.34. The normalized spacial score (nSPS) is 52.8. The van der Waals surface area contributed by atoms with E-state index in [4.69, 9.17) is 0 Å². The first kappa shape index (κ1) is 9.51. The molecule has 2 aliphatic rings. The zero-order chi connectivity index (χ0) is 9.91. The van der Waals surface area contributed by atoms with Gasteiger partial charge < -0.3 is 5.32 Å². The Morgan fingerprint density at radius 3 is 2.08 bits per heavy atom. The van der Waals surface area contributed by atoms with E-state index in [1.54, 1.807) is 0 Å². The molecule has 76 valence electrons. The van der Waals surface area contributed by atoms with Gasteiger partial charge >= 0.3 is 0 Å². The van der Waals surface area contributed by atoms with Gasteiger partial charge in [0.05, 0.1) is 0 Å². The van der Waals surface area contributed by atoms with E-state index >= 15 is 0 Å². The van der Waals surface area contributed by atoms with Crippen molar-refractivity contribution in [2.45, 2.75) is 52.5 Å². The molecule has 3 atom stereocenters. The quantitative estimate of drug-likeness (QED) is 0.656. The van der Waals surface area contributed by atoms with E-state index in [0.717, 1.165) is 5.92 Å². The second-order valence-corrected chi connectivity index (χ2v) is 6.10. The molecule has 2 rings (SSSR count). The number of hydrogen-bond donors (Lipinski definition) is 1. The fraction of sp³-hybridized carbons (Fsp3) is 1.00. The molecule has 0 radical (unpaired) electrons. The van der Waals surface area contributed by atoms with Crippen molar-refractivity contribution < 1.29 is 0 Å². The van der Waals surface area contributed by atoms with Gasteiger partial charge in [-0.25, -0.2) is 0 Å². The highest BCUT2D eigenvalue weighted by Gasteiger charge is 2.65. The molecule has 2 saturated carbocycles. The van der Waals surface area contributed by atoms with Crippen molar-refractivity contribution in [3.63, 3.8) is 0 Å². The van der Waals surface area contributed by atoms with Gasteiger partial charge in [0, 0.05) is 5.54 Å². The van der Waals surface area contributed by atoms with E-state index in [-0.39, 0.29) is 0 Å². The monoisotopic (exact) mass is 181 g/mol. The Morgan fingerprint density at radius 1 is 1.15 bits per heavy atom. The zero-order valence-corrected chi connectivity index (χ0v) is 9.70. The molecule has 1 nitrogen and oxygen atoms in total. The fourth-order valence-electron chi connectivity index (χ4n) is 4.12. The van der Waals surface area contributed by atoms with Crippen LogP contribution in [0, 0.1) is 16.7 Å². The Kier molecular flexibility index (Phi) is 1.69. The average molecular weight is 181 g/mol. The largest absolute Gasteiger partial charge is 0.313 e. The predicted molar refractivity (Wildman–Crippen MR) is 56.7 cm³/mol. The molecule has 13 heavy (non-hydrogen) atoms. The van der Waals surface area contributed by atoms with Gasteiger partial charge in [0.15, 0.2) is 0 Å². The van der Waals surface area contributed by atoms with Crippen LogP contribution >= 0.6 is 0 Å². The van der Waals surface area contributed by atoms with Crippen LogP contribution in [-0.4, -0.2) is 12.6 Å². The number of rotatable bonds is 1. The SMILES string of the molecule is CN[C@]1(C)C(C)(C)[C@H]2CC[C@]1(C)C2. The van der Waals surface area contributed by atoms with Crippen molar-refractivity contribution in [3.05, 3.63) is 0 Å². The maximum Gasteiger partial charge on any atom is 0.0257 e. The Balaban J connectivity index is 2.45. The summed E-state index contributed by atoms with van der Waals surface area (Å²) in [6, 6.07) is 0. The van der Waals surface area contributed by atoms with Crippen molar-refractivity contribution in [2.24, 2.45) is 16.7 Å². The second-order valence-electron chi connectivity index (χ2n) is 6.10. The highest BCUT2D eigenvalue weighted by Crippen LogP contribution is 2.67. The third-order valence-corrected chi connectivity index (χ3v) is 5.76. The minimum absolute atomic E-state index is 0.336. The summed E-state index contributed by atoms with van der Waals surface area (Å²) in [6.07, 6.45) is 4.29. The fourth-order valence-corrected chi connectivity index (χ4v) is 4.12. The van der Waals surface area contributed by atoms with Crippen molar-refractivity contribution in [1.29, 1.82) is 0 Å². The lowest BCUT2D eigenvalue weighted by Crippen LogP contribution is -2.60. The maximum absolute atomic E-state index is 3.60. The smallest absolute Gasteiger partial charge is 0.0257 e. The van der Waals surface area contributed by atoms with Crippen LogP contribution in [0.25, 0.3) is 0 Å². The van der Waals surface area contributed by atoms with Crippen LogP contribution in [0.1, 0.15) is 47.0 Å². The summed E-state index contributed by atoms with van der Waals surface area (Å²) in [5.74, 6) is 0.940. The van der Waals surface area contributed by atoms with Gasteiger partial charge in [-0.05, 0) is 50.0 Å². The predicted octanol–water partition coefficient (Wildman–Crippen LogP) is 2.81. The molecule has 0 saturated heterocycles. The van der Waals surface area contributed by atoms with E-state index < -0.39 is 0 Å². The molecule has 2 bridgehead atoms. The van der Waals surface area contributed by atoms with Crippen molar-refractivity contribution in [1.82, 2.24) is 5.32 Å². The van der Waals surface area contributed by atoms with Crippen molar-refractivity contribution >= 4 is 0 Å². The Labute approximate surface area is 82.3 Å². The molecule has 1 N–H and O–H groups in total. The Morgan fingerprint density at radius 2 is 1.77 bits per heavy atom. The van der Waals surface area contributed by atoms with E-state index in [2.05, 4.69) is 40.1 Å². The molecule has 0 aliphatic heterocycles. The highest BCUT2D eigenvalue weighted by atomic mass is 15.0. The molecule has 0 spiro atoms. The first-order valence-electron chi connectivity index (χ1n) is 5.56. The molecule has 0 aromatic heterocycles. The summed E-state index contributed by atoms with van der Waals surface area (Å²) in [4.78, 5) is 0. The second kappa shape index (κ2) is 2.31. The van der Waals surface area contributed by atoms with Crippen LogP contribution in [0.4, 0.5) is 0 Å². The van der Waals surface area contributed by atoms with Crippen LogP contribution in [0.2, 0.25) is 0 Å². The molecular weight excluding hydrogens is 158 g/mol. The van der Waals surface area contributed by atoms with Crippen molar-refractivity contribution in [3.8, 4) is 0 Å². The summed E-state index contributed by atoms with van der Waals surface area (Å²) in [6.45, 7) is 9.78. The van der Waals surface area contributed by atoms with Gasteiger partial charge in [-0.15, -0.1) is 0 Å². The van der Waals surface area contributed by atoms with E-state index in [0.29, 0.717) is 16.4 Å². The third-order valence-electron chi connectivity index (χ3n) is 5.76. The molecule has 2 fully saturated rings. The van der Waals surface area contributed by atoms with Crippen molar-refractivity contribution in [2.75, 3.05) is 7.05 Å². The minimum atomic E-state index is 0.336. The number of hydrogen-bond acceptors (Lipinski definition) is 1.